The van der Waals surface area contributed by atoms with Crippen molar-refractivity contribution in [3.8, 4) is 0 Å². The Labute approximate surface area is 350 Å². The van der Waals surface area contributed by atoms with E-state index in [2.05, 4.69) is 104 Å². The molecule has 9 heteroatoms. The zero-order chi connectivity index (χ0) is 42.1. The van der Waals surface area contributed by atoms with Gasteiger partial charge in [0.25, 0.3) is 7.82 Å². The topological polar surface area (TPSA) is 108 Å². The van der Waals surface area contributed by atoms with Crippen LogP contribution >= 0.6 is 7.82 Å². The van der Waals surface area contributed by atoms with Gasteiger partial charge >= 0.3 is 0 Å². The maximum absolute atomic E-state index is 12.8. The molecule has 0 fully saturated rings. The van der Waals surface area contributed by atoms with Crippen molar-refractivity contribution in [3.63, 3.8) is 0 Å². The van der Waals surface area contributed by atoms with Crippen LogP contribution in [0, 0.1) is 0 Å². The Bertz CT molecular complexity index is 1200. The number of rotatable bonds is 39. The highest BCUT2D eigenvalue weighted by Gasteiger charge is 2.24. The van der Waals surface area contributed by atoms with Crippen LogP contribution in [0.4, 0.5) is 0 Å². The minimum atomic E-state index is -4.56. The Morgan fingerprint density at radius 2 is 1.07 bits per heavy atom. The summed E-state index contributed by atoms with van der Waals surface area (Å²) in [6.45, 7) is 4.50. The van der Waals surface area contributed by atoms with Crippen LogP contribution in [0.5, 0.6) is 0 Å². The molecule has 2 N–H and O–H groups in total. The Morgan fingerprint density at radius 3 is 1.56 bits per heavy atom. The molecule has 0 bridgehead atoms. The SMILES string of the molecule is CC/C=C\C/C=C\C/C=C\C/C=C\C/C=C\C/C=C\C/C=C\CCCCCCCCCC(=O)NC(COP(=O)([O-])OCC[N+](C)(C)C)C(O)CCCCCCCC. The number of carbonyl (C=O) groups excluding carboxylic acids is 1. The van der Waals surface area contributed by atoms with E-state index in [-0.39, 0.29) is 19.1 Å². The molecule has 3 unspecified atom stereocenters. The summed E-state index contributed by atoms with van der Waals surface area (Å²) in [4.78, 5) is 25.2. The number of phosphoric acid groups is 1. The van der Waals surface area contributed by atoms with Crippen LogP contribution in [-0.2, 0) is 18.4 Å². The first-order valence-corrected chi connectivity index (χ1v) is 23.9. The van der Waals surface area contributed by atoms with Gasteiger partial charge in [-0.1, -0.05) is 170 Å². The molecule has 0 saturated carbocycles. The third-order valence-electron chi connectivity index (χ3n) is 9.40. The smallest absolute Gasteiger partial charge is 0.268 e. The maximum Gasteiger partial charge on any atom is 0.268 e. The number of hydrogen-bond acceptors (Lipinski definition) is 6. The normalized spacial score (nSPS) is 15.1. The third-order valence-corrected chi connectivity index (χ3v) is 10.4. The average Bonchev–Trinajstić information content (AvgIpc) is 3.16. The van der Waals surface area contributed by atoms with Crippen molar-refractivity contribution in [3.05, 3.63) is 85.1 Å². The molecule has 0 aliphatic rings. The predicted octanol–water partition coefficient (Wildman–Crippen LogP) is 11.9. The summed E-state index contributed by atoms with van der Waals surface area (Å²) in [7, 11) is 1.28. The summed E-state index contributed by atoms with van der Waals surface area (Å²) in [5.74, 6) is -0.187. The molecule has 0 aromatic rings. The van der Waals surface area contributed by atoms with Crippen molar-refractivity contribution in [2.75, 3.05) is 40.9 Å². The first kappa shape index (κ1) is 54.7. The largest absolute Gasteiger partial charge is 0.756 e. The van der Waals surface area contributed by atoms with E-state index in [0.717, 1.165) is 96.3 Å². The molecule has 57 heavy (non-hydrogen) atoms. The van der Waals surface area contributed by atoms with E-state index in [9.17, 15) is 19.4 Å². The summed E-state index contributed by atoms with van der Waals surface area (Å²) in [5, 5.41) is 13.7. The molecule has 0 aromatic carbocycles. The van der Waals surface area contributed by atoms with Gasteiger partial charge in [-0.3, -0.25) is 9.36 Å². The van der Waals surface area contributed by atoms with E-state index in [1.165, 1.54) is 38.5 Å². The van der Waals surface area contributed by atoms with Gasteiger partial charge in [0.2, 0.25) is 5.91 Å². The molecule has 328 valence electrons. The first-order chi connectivity index (χ1) is 27.5. The van der Waals surface area contributed by atoms with Crippen molar-refractivity contribution in [2.24, 2.45) is 0 Å². The third kappa shape index (κ3) is 41.6. The molecule has 0 rings (SSSR count). The average molecular weight is 817 g/mol. The van der Waals surface area contributed by atoms with Crippen LogP contribution in [0.2, 0.25) is 0 Å². The number of aliphatic hydroxyl groups excluding tert-OH is 1. The van der Waals surface area contributed by atoms with Gasteiger partial charge in [-0.05, 0) is 70.6 Å². The number of quaternary nitrogens is 1. The fourth-order valence-corrected chi connectivity index (χ4v) is 6.56. The molecule has 0 aromatic heterocycles. The highest BCUT2D eigenvalue weighted by Crippen LogP contribution is 2.38. The van der Waals surface area contributed by atoms with E-state index in [4.69, 9.17) is 9.05 Å². The Hall–Kier alpha value is -2.32. The van der Waals surface area contributed by atoms with E-state index in [1.54, 1.807) is 0 Å². The molecule has 1 amide bonds. The molecule has 0 spiro atoms. The number of carbonyl (C=O) groups is 1. The summed E-state index contributed by atoms with van der Waals surface area (Å²) < 4.78 is 23.1. The number of hydrogen-bond donors (Lipinski definition) is 2. The lowest BCUT2D eigenvalue weighted by Gasteiger charge is -2.30. The van der Waals surface area contributed by atoms with Gasteiger partial charge in [-0.2, -0.15) is 0 Å². The number of aliphatic hydroxyl groups is 1. The molecule has 0 saturated heterocycles. The zero-order valence-corrected chi connectivity index (χ0v) is 37.9. The van der Waals surface area contributed by atoms with E-state index < -0.39 is 20.0 Å². The van der Waals surface area contributed by atoms with Gasteiger partial charge in [0.15, 0.2) is 0 Å². The van der Waals surface area contributed by atoms with Gasteiger partial charge in [-0.25, -0.2) is 0 Å². The minimum absolute atomic E-state index is 0.00436. The number of allylic oxidation sites excluding steroid dienone is 14. The second-order valence-electron chi connectivity index (χ2n) is 16.0. The van der Waals surface area contributed by atoms with Crippen molar-refractivity contribution in [1.82, 2.24) is 5.32 Å². The number of likely N-dealkylation sites (N-methyl/N-ethyl adjacent to an activating group) is 1. The van der Waals surface area contributed by atoms with Crippen molar-refractivity contribution in [1.29, 1.82) is 0 Å². The molecular weight excluding hydrogens is 732 g/mol. The molecule has 0 aliphatic heterocycles. The molecule has 3 atom stereocenters. The monoisotopic (exact) mass is 817 g/mol. The van der Waals surface area contributed by atoms with Gasteiger partial charge in [-0.15, -0.1) is 0 Å². The van der Waals surface area contributed by atoms with Crippen LogP contribution in [0.1, 0.15) is 162 Å². The van der Waals surface area contributed by atoms with Crippen LogP contribution < -0.4 is 10.2 Å². The van der Waals surface area contributed by atoms with Crippen molar-refractivity contribution < 1.29 is 32.9 Å². The van der Waals surface area contributed by atoms with Crippen molar-refractivity contribution >= 4 is 13.7 Å². The van der Waals surface area contributed by atoms with Crippen LogP contribution in [-0.4, -0.2) is 68.5 Å². The van der Waals surface area contributed by atoms with E-state index >= 15 is 0 Å². The predicted molar refractivity (Wildman–Crippen MR) is 242 cm³/mol. The van der Waals surface area contributed by atoms with E-state index in [0.29, 0.717) is 23.9 Å². The molecule has 0 radical (unpaired) electrons. The number of unbranched alkanes of at least 4 members (excludes halogenated alkanes) is 12. The maximum atomic E-state index is 12.8. The highest BCUT2D eigenvalue weighted by molar-refractivity contribution is 7.45. The van der Waals surface area contributed by atoms with Crippen molar-refractivity contribution in [2.45, 2.75) is 174 Å². The quantitative estimate of drug-likeness (QED) is 0.0277. The second kappa shape index (κ2) is 39.2. The fourth-order valence-electron chi connectivity index (χ4n) is 5.84. The van der Waals surface area contributed by atoms with Gasteiger partial charge in [0, 0.05) is 6.42 Å². The number of nitrogens with zero attached hydrogens (tertiary/aromatic N) is 1. The lowest BCUT2D eigenvalue weighted by atomic mass is 10.0. The van der Waals surface area contributed by atoms with Crippen LogP contribution in [0.15, 0.2) is 85.1 Å². The summed E-state index contributed by atoms with van der Waals surface area (Å²) in [6.07, 6.45) is 53.4. The number of phosphoric ester groups is 1. The van der Waals surface area contributed by atoms with Crippen LogP contribution in [0.3, 0.4) is 0 Å². The number of nitrogens with one attached hydrogen (secondary N) is 1. The second-order valence-corrected chi connectivity index (χ2v) is 17.4. The lowest BCUT2D eigenvalue weighted by Crippen LogP contribution is -2.46. The van der Waals surface area contributed by atoms with E-state index in [1.807, 2.05) is 21.1 Å². The molecule has 0 heterocycles. The highest BCUT2D eigenvalue weighted by atomic mass is 31.2. The van der Waals surface area contributed by atoms with Gasteiger partial charge in [0.1, 0.15) is 13.2 Å². The summed E-state index contributed by atoms with van der Waals surface area (Å²) in [5.41, 5.74) is 0. The van der Waals surface area contributed by atoms with Gasteiger partial charge < -0.3 is 28.8 Å². The fraction of sp³-hybridized carbons (Fsp3) is 0.688. The Kier molecular flexibility index (Phi) is 37.6. The molecule has 0 aliphatic carbocycles. The minimum Gasteiger partial charge on any atom is -0.756 e. The van der Waals surface area contributed by atoms with Crippen LogP contribution in [0.25, 0.3) is 0 Å². The summed E-state index contributed by atoms with van der Waals surface area (Å²) >= 11 is 0. The molecular formula is C48H85N2O6P. The molecule has 8 nitrogen and oxygen atoms in total. The standard InChI is InChI=1S/C48H85N2O6P/c1-6-8-10-12-14-15-16-17-18-19-20-21-22-23-24-25-26-27-28-29-30-31-32-33-34-35-36-38-40-42-48(52)49-46(47(51)41-39-37-13-11-9-7-2)45-56-57(53,54)55-44-43-50(3,4)5/h8,10,14-15,17-18,20-21,23-24,26-27,29-30,46-47,51H,6-7,9,11-13,16,19,22,25,28,31-45H2,1-5H3,(H-,49,52,53,54)/b10-8-,15-14-,18-17-,21-20-,24-23-,27-26-,30-29-. The zero-order valence-electron chi connectivity index (χ0n) is 37.0. The lowest BCUT2D eigenvalue weighted by molar-refractivity contribution is -0.870. The first-order valence-electron chi connectivity index (χ1n) is 22.4. The Morgan fingerprint density at radius 1 is 0.632 bits per heavy atom. The summed E-state index contributed by atoms with van der Waals surface area (Å²) in [6, 6.07) is -0.808. The number of amides is 1. The Balaban J connectivity index is 4.11. The van der Waals surface area contributed by atoms with Gasteiger partial charge in [0.05, 0.1) is 39.9 Å².